The van der Waals surface area contributed by atoms with E-state index in [1.807, 2.05) is 36.4 Å². The number of nitrogens with zero attached hydrogens (tertiary/aromatic N) is 1. The van der Waals surface area contributed by atoms with Gasteiger partial charge in [-0.1, -0.05) is 30.3 Å². The predicted molar refractivity (Wildman–Crippen MR) is 84.4 cm³/mol. The van der Waals surface area contributed by atoms with Crippen molar-refractivity contribution in [2.75, 3.05) is 18.4 Å². The van der Waals surface area contributed by atoms with Crippen LogP contribution in [-0.4, -0.2) is 41.0 Å². The van der Waals surface area contributed by atoms with Crippen molar-refractivity contribution in [2.24, 2.45) is 0 Å². The number of nitrogens with one attached hydrogen (secondary N) is 1. The Hall–Kier alpha value is -2.40. The van der Waals surface area contributed by atoms with E-state index in [9.17, 15) is 14.7 Å². The number of hydrogen-bond donors (Lipinski definition) is 2. The first-order valence-corrected chi connectivity index (χ1v) is 7.40. The minimum Gasteiger partial charge on any atom is -0.391 e. The van der Waals surface area contributed by atoms with Gasteiger partial charge in [0.25, 0.3) is 0 Å². The molecule has 0 spiro atoms. The summed E-state index contributed by atoms with van der Waals surface area (Å²) < 4.78 is 0. The van der Waals surface area contributed by atoms with Crippen molar-refractivity contribution >= 4 is 28.3 Å². The summed E-state index contributed by atoms with van der Waals surface area (Å²) in [6.07, 6.45) is 0.859. The molecule has 2 amide bonds. The van der Waals surface area contributed by atoms with E-state index < -0.39 is 17.9 Å². The fraction of sp³-hybridized carbons (Fsp3) is 0.294. The number of aliphatic hydroxyl groups is 1. The summed E-state index contributed by atoms with van der Waals surface area (Å²) >= 11 is 0. The molecule has 0 saturated carbocycles. The van der Waals surface area contributed by atoms with Crippen molar-refractivity contribution in [3.63, 3.8) is 0 Å². The Morgan fingerprint density at radius 1 is 1.14 bits per heavy atom. The van der Waals surface area contributed by atoms with Crippen LogP contribution in [0.1, 0.15) is 12.8 Å². The summed E-state index contributed by atoms with van der Waals surface area (Å²) in [5, 5.41) is 14.3. The van der Waals surface area contributed by atoms with Crippen LogP contribution in [0, 0.1) is 0 Å². The third-order valence-electron chi connectivity index (χ3n) is 3.89. The van der Waals surface area contributed by atoms with E-state index in [1.165, 1.54) is 4.90 Å². The highest BCUT2D eigenvalue weighted by Crippen LogP contribution is 2.19. The molecule has 114 valence electrons. The van der Waals surface area contributed by atoms with Gasteiger partial charge in [0.05, 0.1) is 6.10 Å². The van der Waals surface area contributed by atoms with Crippen molar-refractivity contribution in [3.05, 3.63) is 42.5 Å². The van der Waals surface area contributed by atoms with Gasteiger partial charge in [-0.2, -0.15) is 0 Å². The molecule has 22 heavy (non-hydrogen) atoms. The molecular weight excluding hydrogens is 280 g/mol. The lowest BCUT2D eigenvalue weighted by atomic mass is 10.1. The SMILES string of the molecule is O=C(Nc1ccc2ccccc2c1)C(=O)N1CCCC(O)C1. The van der Waals surface area contributed by atoms with E-state index in [4.69, 9.17) is 0 Å². The van der Waals surface area contributed by atoms with Gasteiger partial charge >= 0.3 is 11.8 Å². The molecule has 5 nitrogen and oxygen atoms in total. The van der Waals surface area contributed by atoms with E-state index in [-0.39, 0.29) is 6.54 Å². The van der Waals surface area contributed by atoms with Crippen molar-refractivity contribution < 1.29 is 14.7 Å². The number of piperidine rings is 1. The lowest BCUT2D eigenvalue weighted by Gasteiger charge is -2.29. The first kappa shape index (κ1) is 14.5. The van der Waals surface area contributed by atoms with Crippen LogP contribution in [0.2, 0.25) is 0 Å². The summed E-state index contributed by atoms with van der Waals surface area (Å²) in [6.45, 7) is 0.741. The highest BCUT2D eigenvalue weighted by molar-refractivity contribution is 6.39. The monoisotopic (exact) mass is 298 g/mol. The number of benzene rings is 2. The van der Waals surface area contributed by atoms with Crippen molar-refractivity contribution in [1.82, 2.24) is 4.90 Å². The summed E-state index contributed by atoms with van der Waals surface area (Å²) in [7, 11) is 0. The standard InChI is InChI=1S/C17H18N2O3/c20-15-6-3-9-19(11-15)17(22)16(21)18-14-8-7-12-4-1-2-5-13(12)10-14/h1-2,4-5,7-8,10,15,20H,3,6,9,11H2,(H,18,21). The molecule has 2 aromatic carbocycles. The van der Waals surface area contributed by atoms with Gasteiger partial charge in [0.2, 0.25) is 0 Å². The fourth-order valence-corrected chi connectivity index (χ4v) is 2.73. The molecule has 1 atom stereocenters. The Kier molecular flexibility index (Phi) is 4.06. The molecule has 1 aliphatic rings. The Morgan fingerprint density at radius 2 is 1.91 bits per heavy atom. The average Bonchev–Trinajstić information content (AvgIpc) is 2.54. The Morgan fingerprint density at radius 3 is 2.68 bits per heavy atom. The number of amides is 2. The van der Waals surface area contributed by atoms with Crippen LogP contribution in [0.15, 0.2) is 42.5 Å². The quantitative estimate of drug-likeness (QED) is 0.788. The highest BCUT2D eigenvalue weighted by atomic mass is 16.3. The van der Waals surface area contributed by atoms with Gasteiger partial charge in [0.1, 0.15) is 0 Å². The zero-order valence-corrected chi connectivity index (χ0v) is 12.2. The molecule has 0 bridgehead atoms. The van der Waals surface area contributed by atoms with Gasteiger partial charge in [0.15, 0.2) is 0 Å². The number of aliphatic hydroxyl groups excluding tert-OH is 1. The predicted octanol–water partition coefficient (Wildman–Crippen LogP) is 1.76. The number of rotatable bonds is 1. The lowest BCUT2D eigenvalue weighted by molar-refractivity contribution is -0.145. The van der Waals surface area contributed by atoms with Crippen LogP contribution in [-0.2, 0) is 9.59 Å². The molecule has 3 rings (SSSR count). The minimum absolute atomic E-state index is 0.226. The number of anilines is 1. The number of hydrogen-bond acceptors (Lipinski definition) is 3. The molecular formula is C17H18N2O3. The van der Waals surface area contributed by atoms with E-state index >= 15 is 0 Å². The minimum atomic E-state index is -0.663. The van der Waals surface area contributed by atoms with Gasteiger partial charge in [-0.05, 0) is 35.7 Å². The number of carbonyl (C=O) groups excluding carboxylic acids is 2. The van der Waals surface area contributed by atoms with E-state index in [1.54, 1.807) is 6.07 Å². The molecule has 0 aliphatic carbocycles. The van der Waals surface area contributed by atoms with Crippen LogP contribution < -0.4 is 5.32 Å². The third-order valence-corrected chi connectivity index (χ3v) is 3.89. The molecule has 0 radical (unpaired) electrons. The first-order valence-electron chi connectivity index (χ1n) is 7.40. The second-order valence-corrected chi connectivity index (χ2v) is 5.56. The number of fused-ring (bicyclic) bond motifs is 1. The average molecular weight is 298 g/mol. The van der Waals surface area contributed by atoms with Crippen LogP contribution >= 0.6 is 0 Å². The number of β-amino-alcohol motifs (C(OH)–C–C–N with tert-alkyl or cyclic N) is 1. The van der Waals surface area contributed by atoms with Gasteiger partial charge < -0.3 is 15.3 Å². The maximum atomic E-state index is 12.1. The summed E-state index contributed by atoms with van der Waals surface area (Å²) in [5.74, 6) is -1.25. The number of likely N-dealkylation sites (tertiary alicyclic amines) is 1. The molecule has 1 unspecified atom stereocenters. The topological polar surface area (TPSA) is 69.6 Å². The zero-order valence-electron chi connectivity index (χ0n) is 12.2. The maximum absolute atomic E-state index is 12.1. The van der Waals surface area contributed by atoms with Crippen LogP contribution in [0.4, 0.5) is 5.69 Å². The van der Waals surface area contributed by atoms with Gasteiger partial charge in [0, 0.05) is 18.8 Å². The molecule has 1 saturated heterocycles. The number of carbonyl (C=O) groups is 2. The largest absolute Gasteiger partial charge is 0.391 e. The molecule has 1 fully saturated rings. The lowest BCUT2D eigenvalue weighted by Crippen LogP contribution is -2.46. The van der Waals surface area contributed by atoms with Gasteiger partial charge in [-0.3, -0.25) is 9.59 Å². The highest BCUT2D eigenvalue weighted by Gasteiger charge is 2.26. The summed E-state index contributed by atoms with van der Waals surface area (Å²) in [4.78, 5) is 25.6. The molecule has 0 aromatic heterocycles. The molecule has 1 heterocycles. The van der Waals surface area contributed by atoms with Crippen LogP contribution in [0.5, 0.6) is 0 Å². The van der Waals surface area contributed by atoms with E-state index in [0.717, 1.165) is 17.2 Å². The van der Waals surface area contributed by atoms with Crippen molar-refractivity contribution in [2.45, 2.75) is 18.9 Å². The van der Waals surface area contributed by atoms with Gasteiger partial charge in [-0.25, -0.2) is 0 Å². The van der Waals surface area contributed by atoms with E-state index in [2.05, 4.69) is 5.32 Å². The molecule has 2 aromatic rings. The first-order chi connectivity index (χ1) is 10.6. The maximum Gasteiger partial charge on any atom is 0.313 e. The third kappa shape index (κ3) is 3.09. The normalized spacial score (nSPS) is 18.2. The van der Waals surface area contributed by atoms with Crippen LogP contribution in [0.25, 0.3) is 10.8 Å². The molecule has 1 aliphatic heterocycles. The fourth-order valence-electron chi connectivity index (χ4n) is 2.73. The Balaban J connectivity index is 1.70. The Labute approximate surface area is 128 Å². The van der Waals surface area contributed by atoms with E-state index in [0.29, 0.717) is 18.7 Å². The zero-order chi connectivity index (χ0) is 15.5. The van der Waals surface area contributed by atoms with Gasteiger partial charge in [-0.15, -0.1) is 0 Å². The summed E-state index contributed by atoms with van der Waals surface area (Å²) in [6, 6.07) is 13.3. The molecule has 2 N–H and O–H groups in total. The molecule has 5 heteroatoms. The Bertz CT molecular complexity index is 714. The second kappa shape index (κ2) is 6.15. The summed E-state index contributed by atoms with van der Waals surface area (Å²) in [5.41, 5.74) is 0.592. The second-order valence-electron chi connectivity index (χ2n) is 5.56. The smallest absolute Gasteiger partial charge is 0.313 e. The van der Waals surface area contributed by atoms with Crippen LogP contribution in [0.3, 0.4) is 0 Å². The van der Waals surface area contributed by atoms with Crippen molar-refractivity contribution in [3.8, 4) is 0 Å². The van der Waals surface area contributed by atoms with Crippen molar-refractivity contribution in [1.29, 1.82) is 0 Å².